The number of nitrogens with two attached hydrogens (primary N) is 2. The summed E-state index contributed by atoms with van der Waals surface area (Å²) in [5.74, 6) is 1.52. The van der Waals surface area contributed by atoms with Crippen molar-refractivity contribution in [3.05, 3.63) is 47.7 Å². The number of benzene rings is 1. The molecule has 0 atom stereocenters. The van der Waals surface area contributed by atoms with Crippen LogP contribution < -0.4 is 11.5 Å². The van der Waals surface area contributed by atoms with Gasteiger partial charge in [-0.05, 0) is 36.8 Å². The van der Waals surface area contributed by atoms with E-state index in [1.54, 1.807) is 4.68 Å². The fraction of sp³-hybridized carbons (Fsp3) is 0.125. The number of hydrogen-bond donors (Lipinski definition) is 2. The maximum Gasteiger partial charge on any atom is 0.222 e. The zero-order chi connectivity index (χ0) is 16.7. The number of aromatic nitrogens is 5. The lowest BCUT2D eigenvalue weighted by Gasteiger charge is -2.04. The molecule has 0 bridgehead atoms. The van der Waals surface area contributed by atoms with Crippen molar-refractivity contribution in [1.82, 2.24) is 25.0 Å². The number of anilines is 2. The number of nitrogens with zero attached hydrogens (tertiary/aromatic N) is 5. The number of hydrogen-bond acceptors (Lipinski definition) is 7. The van der Waals surface area contributed by atoms with Gasteiger partial charge < -0.3 is 15.9 Å². The quantitative estimate of drug-likeness (QED) is 0.553. The van der Waals surface area contributed by atoms with E-state index in [1.807, 2.05) is 43.3 Å². The monoisotopic (exact) mass is 321 g/mol. The van der Waals surface area contributed by atoms with Crippen molar-refractivity contribution >= 4 is 22.8 Å². The normalized spacial score (nSPS) is 11.2. The lowest BCUT2D eigenvalue weighted by atomic mass is 10.2. The van der Waals surface area contributed by atoms with Crippen molar-refractivity contribution in [2.45, 2.75) is 13.5 Å². The fourth-order valence-electron chi connectivity index (χ4n) is 2.51. The maximum atomic E-state index is 5.86. The molecule has 0 unspecified atom stereocenters. The summed E-state index contributed by atoms with van der Waals surface area (Å²) in [7, 11) is 0. The topological polar surface area (TPSA) is 122 Å². The van der Waals surface area contributed by atoms with E-state index in [2.05, 4.69) is 20.3 Å². The second-order valence-electron chi connectivity index (χ2n) is 5.50. The van der Waals surface area contributed by atoms with Gasteiger partial charge in [-0.25, -0.2) is 9.67 Å². The Morgan fingerprint density at radius 2 is 1.83 bits per heavy atom. The minimum Gasteiger partial charge on any atom is -0.460 e. The van der Waals surface area contributed by atoms with Crippen molar-refractivity contribution in [2.24, 2.45) is 0 Å². The first kappa shape index (κ1) is 14.2. The third kappa shape index (κ3) is 2.43. The van der Waals surface area contributed by atoms with E-state index in [1.165, 1.54) is 0 Å². The van der Waals surface area contributed by atoms with Crippen LogP contribution in [-0.2, 0) is 6.54 Å². The Bertz CT molecular complexity index is 1020. The smallest absolute Gasteiger partial charge is 0.222 e. The van der Waals surface area contributed by atoms with Crippen LogP contribution in [-0.4, -0.2) is 25.0 Å². The van der Waals surface area contributed by atoms with E-state index in [4.69, 9.17) is 15.9 Å². The summed E-state index contributed by atoms with van der Waals surface area (Å²) in [4.78, 5) is 8.54. The van der Waals surface area contributed by atoms with Gasteiger partial charge in [0.25, 0.3) is 0 Å². The molecule has 4 N–H and O–H groups in total. The molecule has 120 valence electrons. The molecule has 4 aromatic rings. The van der Waals surface area contributed by atoms with Gasteiger partial charge in [0, 0.05) is 5.69 Å². The molecule has 8 nitrogen and oxygen atoms in total. The summed E-state index contributed by atoms with van der Waals surface area (Å²) in [6.07, 6.45) is 0. The number of rotatable bonds is 3. The van der Waals surface area contributed by atoms with Crippen LogP contribution in [0.5, 0.6) is 0 Å². The lowest BCUT2D eigenvalue weighted by molar-refractivity contribution is 0.547. The average molecular weight is 321 g/mol. The zero-order valence-corrected chi connectivity index (χ0v) is 13.0. The first-order valence-corrected chi connectivity index (χ1v) is 7.38. The first-order chi connectivity index (χ1) is 11.6. The van der Waals surface area contributed by atoms with Crippen molar-refractivity contribution in [1.29, 1.82) is 0 Å². The van der Waals surface area contributed by atoms with Crippen LogP contribution in [0.15, 0.2) is 40.8 Å². The molecule has 0 saturated heterocycles. The maximum absolute atomic E-state index is 5.86. The Balaban J connectivity index is 1.81. The summed E-state index contributed by atoms with van der Waals surface area (Å²) in [5.41, 5.74) is 15.0. The van der Waals surface area contributed by atoms with E-state index in [0.717, 1.165) is 11.3 Å². The first-order valence-electron chi connectivity index (χ1n) is 7.38. The number of aryl methyl sites for hydroxylation is 1. The second-order valence-corrected chi connectivity index (χ2v) is 5.50. The van der Waals surface area contributed by atoms with Crippen LogP contribution in [0.4, 0.5) is 11.6 Å². The Morgan fingerprint density at radius 3 is 2.54 bits per heavy atom. The third-order valence-electron chi connectivity index (χ3n) is 3.67. The molecule has 1 aromatic carbocycles. The second kappa shape index (κ2) is 5.34. The van der Waals surface area contributed by atoms with Gasteiger partial charge in [-0.3, -0.25) is 0 Å². The Hall–Kier alpha value is -3.42. The molecule has 0 fully saturated rings. The number of furan rings is 1. The van der Waals surface area contributed by atoms with Gasteiger partial charge in [-0.1, -0.05) is 17.3 Å². The van der Waals surface area contributed by atoms with Crippen molar-refractivity contribution in [2.75, 3.05) is 11.5 Å². The minimum atomic E-state index is 0.146. The molecular formula is C16H15N7O. The molecule has 0 aliphatic heterocycles. The third-order valence-corrected chi connectivity index (χ3v) is 3.67. The molecule has 3 heterocycles. The standard InChI is InChI=1S/C16H15N7O/c1-9-2-7-12(24-9)13-14-15(20-16(18)19-13)23(22-21-14)8-10-3-5-11(17)6-4-10/h2-7H,8,17H2,1H3,(H2,18,19,20). The highest BCUT2D eigenvalue weighted by atomic mass is 16.3. The van der Waals surface area contributed by atoms with E-state index in [9.17, 15) is 0 Å². The predicted molar refractivity (Wildman–Crippen MR) is 89.9 cm³/mol. The molecule has 24 heavy (non-hydrogen) atoms. The van der Waals surface area contributed by atoms with E-state index >= 15 is 0 Å². The molecule has 3 aromatic heterocycles. The molecular weight excluding hydrogens is 306 g/mol. The Morgan fingerprint density at radius 1 is 1.04 bits per heavy atom. The van der Waals surface area contributed by atoms with Crippen molar-refractivity contribution in [3.8, 4) is 11.5 Å². The van der Waals surface area contributed by atoms with Crippen LogP contribution in [0.2, 0.25) is 0 Å². The Kier molecular flexibility index (Phi) is 3.16. The zero-order valence-electron chi connectivity index (χ0n) is 13.0. The van der Waals surface area contributed by atoms with Gasteiger partial charge in [0.15, 0.2) is 16.9 Å². The molecule has 0 aliphatic rings. The van der Waals surface area contributed by atoms with Crippen molar-refractivity contribution in [3.63, 3.8) is 0 Å². The van der Waals surface area contributed by atoms with Gasteiger partial charge in [0.2, 0.25) is 5.95 Å². The lowest BCUT2D eigenvalue weighted by Crippen LogP contribution is -2.05. The predicted octanol–water partition coefficient (Wildman–Crippen LogP) is 2.00. The van der Waals surface area contributed by atoms with Crippen LogP contribution >= 0.6 is 0 Å². The van der Waals surface area contributed by atoms with Gasteiger partial charge in [-0.15, -0.1) is 5.10 Å². The molecule has 0 saturated carbocycles. The highest BCUT2D eigenvalue weighted by Crippen LogP contribution is 2.27. The average Bonchev–Trinajstić information content (AvgIpc) is 3.16. The highest BCUT2D eigenvalue weighted by Gasteiger charge is 2.17. The van der Waals surface area contributed by atoms with Crippen LogP contribution in [0, 0.1) is 6.92 Å². The van der Waals surface area contributed by atoms with Crippen LogP contribution in [0.3, 0.4) is 0 Å². The molecule has 0 spiro atoms. The largest absolute Gasteiger partial charge is 0.460 e. The SMILES string of the molecule is Cc1ccc(-c2nc(N)nc3c2nnn3Cc2ccc(N)cc2)o1. The molecule has 0 aliphatic carbocycles. The summed E-state index contributed by atoms with van der Waals surface area (Å²) in [6, 6.07) is 11.2. The van der Waals surface area contributed by atoms with E-state index < -0.39 is 0 Å². The van der Waals surface area contributed by atoms with Crippen molar-refractivity contribution < 1.29 is 4.42 Å². The van der Waals surface area contributed by atoms with Gasteiger partial charge >= 0.3 is 0 Å². The molecule has 8 heteroatoms. The summed E-state index contributed by atoms with van der Waals surface area (Å²) < 4.78 is 7.32. The van der Waals surface area contributed by atoms with E-state index in [0.29, 0.717) is 34.9 Å². The summed E-state index contributed by atoms with van der Waals surface area (Å²) in [5, 5.41) is 8.39. The fourth-order valence-corrected chi connectivity index (χ4v) is 2.51. The highest BCUT2D eigenvalue weighted by molar-refractivity contribution is 5.86. The van der Waals surface area contributed by atoms with Gasteiger partial charge in [0.05, 0.1) is 6.54 Å². The van der Waals surface area contributed by atoms with E-state index in [-0.39, 0.29) is 5.95 Å². The van der Waals surface area contributed by atoms with Gasteiger partial charge in [-0.2, -0.15) is 4.98 Å². The number of fused-ring (bicyclic) bond motifs is 1. The van der Waals surface area contributed by atoms with Crippen LogP contribution in [0.1, 0.15) is 11.3 Å². The van der Waals surface area contributed by atoms with Crippen LogP contribution in [0.25, 0.3) is 22.6 Å². The van der Waals surface area contributed by atoms with Gasteiger partial charge in [0.1, 0.15) is 11.5 Å². The minimum absolute atomic E-state index is 0.146. The molecule has 4 rings (SSSR count). The summed E-state index contributed by atoms with van der Waals surface area (Å²) >= 11 is 0. The molecule has 0 amide bonds. The summed E-state index contributed by atoms with van der Waals surface area (Å²) in [6.45, 7) is 2.37. The number of nitrogen functional groups attached to an aromatic ring is 2. The molecule has 0 radical (unpaired) electrons. The Labute approximate surface area is 137 Å².